The molecule has 24 heavy (non-hydrogen) atoms. The van der Waals surface area contributed by atoms with Crippen LogP contribution in [0.5, 0.6) is 0 Å². The van der Waals surface area contributed by atoms with E-state index in [2.05, 4.69) is 10.6 Å². The SMILES string of the molecule is C[NH+](CC(=O)Nc1ccccc1Cl)CC(=O)Nc1ccccc1Cl. The van der Waals surface area contributed by atoms with E-state index in [1.54, 1.807) is 55.6 Å². The summed E-state index contributed by atoms with van der Waals surface area (Å²) in [5, 5.41) is 6.40. The molecule has 0 spiro atoms. The third-order valence-corrected chi connectivity index (χ3v) is 3.88. The first kappa shape index (κ1) is 18.3. The number of quaternary nitrogens is 1. The summed E-state index contributed by atoms with van der Waals surface area (Å²) in [4.78, 5) is 24.8. The van der Waals surface area contributed by atoms with E-state index >= 15 is 0 Å². The quantitative estimate of drug-likeness (QED) is 0.732. The molecule has 2 amide bonds. The zero-order chi connectivity index (χ0) is 17.5. The molecule has 0 aliphatic rings. The van der Waals surface area contributed by atoms with Gasteiger partial charge in [-0.15, -0.1) is 0 Å². The van der Waals surface area contributed by atoms with Gasteiger partial charge in [0, 0.05) is 0 Å². The molecule has 0 fully saturated rings. The lowest BCUT2D eigenvalue weighted by Gasteiger charge is -2.14. The maximum atomic E-state index is 12.0. The van der Waals surface area contributed by atoms with Crippen LogP contribution in [0.25, 0.3) is 0 Å². The number of halogens is 2. The molecule has 0 aliphatic carbocycles. The predicted octanol–water partition coefficient (Wildman–Crippen LogP) is 2.09. The molecule has 2 aromatic carbocycles. The van der Waals surface area contributed by atoms with Gasteiger partial charge < -0.3 is 15.5 Å². The first-order chi connectivity index (χ1) is 11.5. The second-order valence-corrected chi connectivity index (χ2v) is 6.18. The predicted molar refractivity (Wildman–Crippen MR) is 96.8 cm³/mol. The molecule has 5 nitrogen and oxygen atoms in total. The molecule has 0 heterocycles. The van der Waals surface area contributed by atoms with Crippen molar-refractivity contribution in [3.05, 3.63) is 58.6 Å². The highest BCUT2D eigenvalue weighted by molar-refractivity contribution is 6.34. The molecule has 0 aliphatic heterocycles. The molecule has 0 aromatic heterocycles. The molecule has 0 atom stereocenters. The van der Waals surface area contributed by atoms with Gasteiger partial charge >= 0.3 is 0 Å². The second kappa shape index (κ2) is 8.68. The Kier molecular flexibility index (Phi) is 6.61. The number of likely N-dealkylation sites (N-methyl/N-ethyl adjacent to an activating group) is 1. The highest BCUT2D eigenvalue weighted by Crippen LogP contribution is 2.20. The lowest BCUT2D eigenvalue weighted by Crippen LogP contribution is -3.11. The highest BCUT2D eigenvalue weighted by Gasteiger charge is 2.15. The van der Waals surface area contributed by atoms with Crippen LogP contribution in [0.3, 0.4) is 0 Å². The van der Waals surface area contributed by atoms with Crippen LogP contribution in [0.2, 0.25) is 10.0 Å². The molecule has 2 aromatic rings. The maximum Gasteiger partial charge on any atom is 0.279 e. The first-order valence-electron chi connectivity index (χ1n) is 7.36. The van der Waals surface area contributed by atoms with Gasteiger partial charge in [0.05, 0.1) is 28.5 Å². The summed E-state index contributed by atoms with van der Waals surface area (Å²) in [5.41, 5.74) is 1.11. The fraction of sp³-hybridized carbons (Fsp3) is 0.176. The van der Waals surface area contributed by atoms with Crippen LogP contribution in [0, 0.1) is 0 Å². The number of hydrogen-bond acceptors (Lipinski definition) is 2. The van der Waals surface area contributed by atoms with Gasteiger partial charge in [0.15, 0.2) is 13.1 Å². The van der Waals surface area contributed by atoms with Crippen LogP contribution in [-0.2, 0) is 9.59 Å². The first-order valence-corrected chi connectivity index (χ1v) is 8.11. The van der Waals surface area contributed by atoms with Crippen molar-refractivity contribution < 1.29 is 14.5 Å². The van der Waals surface area contributed by atoms with Crippen LogP contribution < -0.4 is 15.5 Å². The largest absolute Gasteiger partial charge is 0.322 e. The van der Waals surface area contributed by atoms with Crippen molar-refractivity contribution in [3.63, 3.8) is 0 Å². The number of carbonyl (C=O) groups is 2. The summed E-state index contributed by atoms with van der Waals surface area (Å²) < 4.78 is 0. The van der Waals surface area contributed by atoms with Crippen molar-refractivity contribution in [2.75, 3.05) is 30.8 Å². The summed E-state index contributed by atoms with van der Waals surface area (Å²) in [5.74, 6) is -0.433. The standard InChI is InChI=1S/C17H17Cl2N3O2/c1-22(10-16(23)20-14-8-4-2-6-12(14)18)11-17(24)21-15-9-5-3-7-13(15)19/h2-9H,10-11H2,1H3,(H,20,23)(H,21,24)/p+1. The number of rotatable bonds is 6. The summed E-state index contributed by atoms with van der Waals surface area (Å²) >= 11 is 12.0. The number of amides is 2. The Balaban J connectivity index is 1.83. The normalized spacial score (nSPS) is 10.5. The van der Waals surface area contributed by atoms with E-state index in [0.717, 1.165) is 4.90 Å². The summed E-state index contributed by atoms with van der Waals surface area (Å²) in [6, 6.07) is 14.0. The van der Waals surface area contributed by atoms with Crippen LogP contribution in [0.15, 0.2) is 48.5 Å². The lowest BCUT2D eigenvalue weighted by atomic mass is 10.3. The smallest absolute Gasteiger partial charge is 0.279 e. The van der Waals surface area contributed by atoms with Gasteiger partial charge in [-0.25, -0.2) is 0 Å². The average Bonchev–Trinajstić information content (AvgIpc) is 2.51. The minimum absolute atomic E-state index is 0.140. The molecular weight excluding hydrogens is 349 g/mol. The molecule has 2 rings (SSSR count). The third kappa shape index (κ3) is 5.53. The minimum atomic E-state index is -0.217. The van der Waals surface area contributed by atoms with E-state index in [1.807, 2.05) is 0 Å². The summed E-state index contributed by atoms with van der Waals surface area (Å²) in [6.45, 7) is 0.280. The number of hydrogen-bond donors (Lipinski definition) is 3. The van der Waals surface area contributed by atoms with Gasteiger partial charge in [-0.05, 0) is 24.3 Å². The summed E-state index contributed by atoms with van der Waals surface area (Å²) in [7, 11) is 1.76. The Morgan fingerprint density at radius 3 is 1.58 bits per heavy atom. The van der Waals surface area contributed by atoms with Crippen LogP contribution in [-0.4, -0.2) is 32.0 Å². The van der Waals surface area contributed by atoms with Gasteiger partial charge in [0.25, 0.3) is 11.8 Å². The summed E-state index contributed by atoms with van der Waals surface area (Å²) in [6.07, 6.45) is 0. The topological polar surface area (TPSA) is 62.6 Å². The van der Waals surface area contributed by atoms with E-state index in [4.69, 9.17) is 23.2 Å². The molecular formula is C17H18Cl2N3O2+. The van der Waals surface area contributed by atoms with Crippen molar-refractivity contribution in [1.29, 1.82) is 0 Å². The zero-order valence-corrected chi connectivity index (χ0v) is 14.6. The highest BCUT2D eigenvalue weighted by atomic mass is 35.5. The van der Waals surface area contributed by atoms with E-state index < -0.39 is 0 Å². The van der Waals surface area contributed by atoms with Gasteiger partial charge in [-0.3, -0.25) is 9.59 Å². The third-order valence-electron chi connectivity index (χ3n) is 3.22. The Bertz CT molecular complexity index is 676. The average molecular weight is 367 g/mol. The Morgan fingerprint density at radius 2 is 1.21 bits per heavy atom. The van der Waals surface area contributed by atoms with Gasteiger partial charge in [0.1, 0.15) is 0 Å². The van der Waals surface area contributed by atoms with Gasteiger partial charge in [-0.1, -0.05) is 47.5 Å². The molecule has 7 heteroatoms. The fourth-order valence-electron chi connectivity index (χ4n) is 2.12. The Labute approximate surface area is 150 Å². The maximum absolute atomic E-state index is 12.0. The molecule has 0 radical (unpaired) electrons. The monoisotopic (exact) mass is 366 g/mol. The number of para-hydroxylation sites is 2. The fourth-order valence-corrected chi connectivity index (χ4v) is 2.49. The Morgan fingerprint density at radius 1 is 0.833 bits per heavy atom. The van der Waals surface area contributed by atoms with E-state index in [1.165, 1.54) is 0 Å². The van der Waals surface area contributed by atoms with Crippen molar-refractivity contribution in [1.82, 2.24) is 0 Å². The zero-order valence-electron chi connectivity index (χ0n) is 13.1. The van der Waals surface area contributed by atoms with Crippen molar-refractivity contribution >= 4 is 46.4 Å². The van der Waals surface area contributed by atoms with E-state index in [-0.39, 0.29) is 24.9 Å². The number of anilines is 2. The van der Waals surface area contributed by atoms with Crippen LogP contribution in [0.4, 0.5) is 11.4 Å². The number of nitrogens with one attached hydrogen (secondary N) is 3. The molecule has 0 bridgehead atoms. The number of benzene rings is 2. The van der Waals surface area contributed by atoms with Gasteiger partial charge in [0.2, 0.25) is 0 Å². The van der Waals surface area contributed by atoms with Crippen LogP contribution >= 0.6 is 23.2 Å². The molecule has 126 valence electrons. The van der Waals surface area contributed by atoms with Crippen molar-refractivity contribution in [3.8, 4) is 0 Å². The lowest BCUT2D eigenvalue weighted by molar-refractivity contribution is -0.862. The van der Waals surface area contributed by atoms with Gasteiger partial charge in [-0.2, -0.15) is 0 Å². The molecule has 0 saturated carbocycles. The molecule has 0 saturated heterocycles. The van der Waals surface area contributed by atoms with E-state index in [0.29, 0.717) is 21.4 Å². The van der Waals surface area contributed by atoms with Crippen molar-refractivity contribution in [2.24, 2.45) is 0 Å². The number of carbonyl (C=O) groups excluding carboxylic acids is 2. The molecule has 0 unspecified atom stereocenters. The van der Waals surface area contributed by atoms with Crippen LogP contribution in [0.1, 0.15) is 0 Å². The minimum Gasteiger partial charge on any atom is -0.322 e. The van der Waals surface area contributed by atoms with Crippen molar-refractivity contribution in [2.45, 2.75) is 0 Å². The second-order valence-electron chi connectivity index (χ2n) is 5.37. The Hall–Kier alpha value is -2.08. The van der Waals surface area contributed by atoms with E-state index in [9.17, 15) is 9.59 Å². The molecule has 3 N–H and O–H groups in total.